The quantitative estimate of drug-likeness (QED) is 0.214. The summed E-state index contributed by atoms with van der Waals surface area (Å²) in [6, 6.07) is 29.7. The highest BCUT2D eigenvalue weighted by atomic mass is 35.5. The van der Waals surface area contributed by atoms with Crippen molar-refractivity contribution in [1.29, 1.82) is 0 Å². The first kappa shape index (κ1) is 25.8. The van der Waals surface area contributed by atoms with Gasteiger partial charge in [-0.1, -0.05) is 66.2 Å². The van der Waals surface area contributed by atoms with Crippen LogP contribution in [0.3, 0.4) is 0 Å². The van der Waals surface area contributed by atoms with Gasteiger partial charge in [0.25, 0.3) is 11.8 Å². The number of anilines is 1. The fourth-order valence-electron chi connectivity index (χ4n) is 3.93. The third kappa shape index (κ3) is 6.34. The van der Waals surface area contributed by atoms with Gasteiger partial charge in [0.2, 0.25) is 0 Å². The molecule has 1 aliphatic heterocycles. The molecule has 0 aliphatic carbocycles. The standard InChI is InChI=1S/C31H23ClN2O5/c32-24-11-9-22(10-12-24)20-39-27-8-4-7-23(17-27)18-28-29(35)33-31(37)34(30(28)36)25-13-15-26(16-14-25)38-19-21-5-2-1-3-6-21/h1-18H,19-20H2,(H,33,35,37)/b28-18-. The zero-order chi connectivity index (χ0) is 27.2. The fourth-order valence-corrected chi connectivity index (χ4v) is 4.06. The van der Waals surface area contributed by atoms with E-state index in [2.05, 4.69) is 5.32 Å². The molecule has 39 heavy (non-hydrogen) atoms. The predicted molar refractivity (Wildman–Crippen MR) is 148 cm³/mol. The Morgan fingerprint density at radius 3 is 2.10 bits per heavy atom. The van der Waals surface area contributed by atoms with Crippen molar-refractivity contribution in [2.45, 2.75) is 13.2 Å². The molecule has 7 nitrogen and oxygen atoms in total. The minimum Gasteiger partial charge on any atom is -0.489 e. The van der Waals surface area contributed by atoms with Crippen LogP contribution in [0.1, 0.15) is 16.7 Å². The van der Waals surface area contributed by atoms with Gasteiger partial charge in [0, 0.05) is 5.02 Å². The van der Waals surface area contributed by atoms with Gasteiger partial charge in [-0.2, -0.15) is 0 Å². The minimum atomic E-state index is -0.819. The van der Waals surface area contributed by atoms with Crippen LogP contribution in [0.2, 0.25) is 5.02 Å². The number of nitrogens with zero attached hydrogens (tertiary/aromatic N) is 1. The number of carbonyl (C=O) groups excluding carboxylic acids is 3. The maximum atomic E-state index is 13.3. The van der Waals surface area contributed by atoms with Crippen LogP contribution in [-0.2, 0) is 22.8 Å². The molecule has 4 aromatic carbocycles. The lowest BCUT2D eigenvalue weighted by Crippen LogP contribution is -2.54. The monoisotopic (exact) mass is 538 g/mol. The summed E-state index contributed by atoms with van der Waals surface area (Å²) in [5.41, 5.74) is 2.66. The summed E-state index contributed by atoms with van der Waals surface area (Å²) in [6.07, 6.45) is 1.43. The zero-order valence-corrected chi connectivity index (χ0v) is 21.4. The van der Waals surface area contributed by atoms with E-state index in [9.17, 15) is 14.4 Å². The summed E-state index contributed by atoms with van der Waals surface area (Å²) in [5, 5.41) is 2.88. The molecule has 0 bridgehead atoms. The summed E-state index contributed by atoms with van der Waals surface area (Å²) >= 11 is 5.93. The number of halogens is 1. The predicted octanol–water partition coefficient (Wildman–Crippen LogP) is 6.16. The van der Waals surface area contributed by atoms with Crippen LogP contribution < -0.4 is 19.7 Å². The van der Waals surface area contributed by atoms with Crippen molar-refractivity contribution < 1.29 is 23.9 Å². The number of ether oxygens (including phenoxy) is 2. The molecular weight excluding hydrogens is 516 g/mol. The Labute approximate surface area is 230 Å². The third-order valence-electron chi connectivity index (χ3n) is 5.93. The second-order valence-corrected chi connectivity index (χ2v) is 9.15. The van der Waals surface area contributed by atoms with Crippen LogP contribution in [0.4, 0.5) is 10.5 Å². The Balaban J connectivity index is 1.30. The first-order valence-electron chi connectivity index (χ1n) is 12.1. The molecule has 0 saturated carbocycles. The van der Waals surface area contributed by atoms with E-state index < -0.39 is 17.8 Å². The van der Waals surface area contributed by atoms with Gasteiger partial charge in [-0.05, 0) is 71.3 Å². The molecule has 1 heterocycles. The highest BCUT2D eigenvalue weighted by molar-refractivity contribution is 6.39. The molecule has 1 fully saturated rings. The highest BCUT2D eigenvalue weighted by Gasteiger charge is 2.36. The molecule has 4 aromatic rings. The van der Waals surface area contributed by atoms with E-state index in [1.54, 1.807) is 60.7 Å². The minimum absolute atomic E-state index is 0.172. The molecule has 1 N–H and O–H groups in total. The van der Waals surface area contributed by atoms with Gasteiger partial charge in [-0.25, -0.2) is 9.69 Å². The molecule has 4 amide bonds. The van der Waals surface area contributed by atoms with E-state index in [0.29, 0.717) is 41.0 Å². The van der Waals surface area contributed by atoms with E-state index in [4.69, 9.17) is 21.1 Å². The lowest BCUT2D eigenvalue weighted by atomic mass is 10.1. The van der Waals surface area contributed by atoms with E-state index in [1.165, 1.54) is 6.08 Å². The molecule has 0 radical (unpaired) electrons. The van der Waals surface area contributed by atoms with E-state index in [0.717, 1.165) is 16.0 Å². The normalized spacial score (nSPS) is 14.3. The molecule has 1 aliphatic rings. The maximum Gasteiger partial charge on any atom is 0.335 e. The SMILES string of the molecule is O=C1NC(=O)N(c2ccc(OCc3ccccc3)cc2)C(=O)/C1=C\c1cccc(OCc2ccc(Cl)cc2)c1. The Morgan fingerprint density at radius 2 is 1.38 bits per heavy atom. The molecule has 0 atom stereocenters. The number of barbiturate groups is 1. The van der Waals surface area contributed by atoms with Gasteiger partial charge in [0.15, 0.2) is 0 Å². The highest BCUT2D eigenvalue weighted by Crippen LogP contribution is 2.26. The van der Waals surface area contributed by atoms with Crippen LogP contribution >= 0.6 is 11.6 Å². The molecule has 0 unspecified atom stereocenters. The van der Waals surface area contributed by atoms with Crippen LogP contribution in [0.25, 0.3) is 6.08 Å². The number of hydrogen-bond donors (Lipinski definition) is 1. The zero-order valence-electron chi connectivity index (χ0n) is 20.7. The summed E-state index contributed by atoms with van der Waals surface area (Å²) in [5.74, 6) is -0.359. The van der Waals surface area contributed by atoms with Crippen molar-refractivity contribution in [2.75, 3.05) is 4.90 Å². The van der Waals surface area contributed by atoms with Crippen molar-refractivity contribution in [1.82, 2.24) is 5.32 Å². The topological polar surface area (TPSA) is 84.9 Å². The Bertz CT molecular complexity index is 1530. The molecule has 194 valence electrons. The van der Waals surface area contributed by atoms with Gasteiger partial charge < -0.3 is 9.47 Å². The number of hydrogen-bond acceptors (Lipinski definition) is 5. The Kier molecular flexibility index (Phi) is 7.70. The summed E-state index contributed by atoms with van der Waals surface area (Å²) in [4.78, 5) is 39.4. The number of amides is 4. The average Bonchev–Trinajstić information content (AvgIpc) is 2.95. The molecule has 5 rings (SSSR count). The Morgan fingerprint density at radius 1 is 0.718 bits per heavy atom. The molecular formula is C31H23ClN2O5. The number of imide groups is 2. The molecule has 1 saturated heterocycles. The van der Waals surface area contributed by atoms with Crippen LogP contribution in [0.15, 0.2) is 109 Å². The van der Waals surface area contributed by atoms with Crippen molar-refractivity contribution >= 4 is 41.2 Å². The second-order valence-electron chi connectivity index (χ2n) is 8.71. The lowest BCUT2D eigenvalue weighted by molar-refractivity contribution is -0.122. The number of nitrogens with one attached hydrogen (secondary N) is 1. The fraction of sp³-hybridized carbons (Fsp3) is 0.0645. The van der Waals surface area contributed by atoms with Crippen LogP contribution in [0.5, 0.6) is 11.5 Å². The molecule has 0 aromatic heterocycles. The van der Waals surface area contributed by atoms with Gasteiger partial charge in [-0.15, -0.1) is 0 Å². The molecule has 8 heteroatoms. The van der Waals surface area contributed by atoms with Crippen molar-refractivity contribution in [3.8, 4) is 11.5 Å². The van der Waals surface area contributed by atoms with Gasteiger partial charge in [0.05, 0.1) is 5.69 Å². The smallest absolute Gasteiger partial charge is 0.335 e. The van der Waals surface area contributed by atoms with Crippen molar-refractivity contribution in [3.05, 3.63) is 130 Å². The average molecular weight is 539 g/mol. The lowest BCUT2D eigenvalue weighted by Gasteiger charge is -2.26. The summed E-state index contributed by atoms with van der Waals surface area (Å²) in [6.45, 7) is 0.705. The van der Waals surface area contributed by atoms with Gasteiger partial charge in [0.1, 0.15) is 30.3 Å². The number of carbonyl (C=O) groups is 3. The maximum absolute atomic E-state index is 13.3. The third-order valence-corrected chi connectivity index (χ3v) is 6.18. The van der Waals surface area contributed by atoms with Gasteiger partial charge >= 0.3 is 6.03 Å². The Hall–Kier alpha value is -4.88. The summed E-state index contributed by atoms with van der Waals surface area (Å²) in [7, 11) is 0. The van der Waals surface area contributed by atoms with E-state index in [1.807, 2.05) is 42.5 Å². The van der Waals surface area contributed by atoms with Gasteiger partial charge in [-0.3, -0.25) is 14.9 Å². The number of urea groups is 1. The second kappa shape index (κ2) is 11.7. The van der Waals surface area contributed by atoms with Crippen LogP contribution in [-0.4, -0.2) is 17.8 Å². The summed E-state index contributed by atoms with van der Waals surface area (Å²) < 4.78 is 11.6. The largest absolute Gasteiger partial charge is 0.489 e. The first-order chi connectivity index (χ1) is 19.0. The number of rotatable bonds is 8. The van der Waals surface area contributed by atoms with E-state index >= 15 is 0 Å². The first-order valence-corrected chi connectivity index (χ1v) is 12.5. The van der Waals surface area contributed by atoms with Crippen LogP contribution in [0, 0.1) is 0 Å². The van der Waals surface area contributed by atoms with Crippen molar-refractivity contribution in [2.24, 2.45) is 0 Å². The number of benzene rings is 4. The van der Waals surface area contributed by atoms with Crippen molar-refractivity contribution in [3.63, 3.8) is 0 Å². The molecule has 0 spiro atoms. The van der Waals surface area contributed by atoms with E-state index in [-0.39, 0.29) is 5.57 Å².